The van der Waals surface area contributed by atoms with Gasteiger partial charge in [-0.25, -0.2) is 4.98 Å². The first-order valence-corrected chi connectivity index (χ1v) is 14.3. The number of piperidine rings is 1. The van der Waals surface area contributed by atoms with Gasteiger partial charge in [-0.1, -0.05) is 26.8 Å². The minimum atomic E-state index is -0.862. The molecule has 222 valence electrons. The molecule has 3 aliphatic rings. The first-order valence-electron chi connectivity index (χ1n) is 14.3. The average Bonchev–Trinajstić information content (AvgIpc) is 3.71. The van der Waals surface area contributed by atoms with Crippen LogP contribution in [0.1, 0.15) is 98.1 Å². The molecule has 1 saturated heterocycles. The Morgan fingerprint density at radius 1 is 1.12 bits per heavy atom. The number of carbonyl (C=O) groups is 2. The zero-order valence-corrected chi connectivity index (χ0v) is 25.8. The summed E-state index contributed by atoms with van der Waals surface area (Å²) >= 11 is 0. The van der Waals surface area contributed by atoms with Crippen LogP contribution < -0.4 is 9.64 Å². The smallest absolute Gasteiger partial charge is 0.303 e. The van der Waals surface area contributed by atoms with E-state index in [4.69, 9.17) is 20.2 Å². The van der Waals surface area contributed by atoms with Crippen LogP contribution in [-0.4, -0.2) is 70.0 Å². The van der Waals surface area contributed by atoms with Crippen molar-refractivity contribution in [1.82, 2.24) is 9.88 Å². The number of aromatic nitrogens is 1. The Morgan fingerprint density at radius 3 is 2.46 bits per heavy atom. The summed E-state index contributed by atoms with van der Waals surface area (Å²) in [7, 11) is 0. The number of amidine groups is 1. The lowest BCUT2D eigenvalue weighted by Crippen LogP contribution is -2.36. The molecule has 1 saturated carbocycles. The monoisotopic (exact) mass is 628 g/mol. The molecule has 0 amide bonds. The van der Waals surface area contributed by atoms with Crippen molar-refractivity contribution >= 4 is 40.3 Å². The molecule has 1 aromatic heterocycles. The number of hydrogen-bond acceptors (Lipinski definition) is 7. The lowest BCUT2D eigenvalue weighted by molar-refractivity contribution is -0.137. The van der Waals surface area contributed by atoms with E-state index in [2.05, 4.69) is 31.7 Å². The number of fused-ring (bicyclic) bond motifs is 1. The molecule has 3 heterocycles. The van der Waals surface area contributed by atoms with Gasteiger partial charge in [0.05, 0.1) is 24.9 Å². The number of aliphatic carboxylic acids is 1. The minimum absolute atomic E-state index is 0. The van der Waals surface area contributed by atoms with Gasteiger partial charge in [-0.2, -0.15) is 0 Å². The fraction of sp³-hybridized carbons (Fsp3) is 0.548. The highest BCUT2D eigenvalue weighted by Gasteiger charge is 2.33. The summed E-state index contributed by atoms with van der Waals surface area (Å²) < 4.78 is 6.26. The number of aliphatic hydroxyl groups excluding tert-OH is 1. The Bertz CT molecular complexity index is 1310. The molecular formula is C31H41BrN4O5. The van der Waals surface area contributed by atoms with E-state index in [0.717, 1.165) is 35.3 Å². The molecule has 9 nitrogen and oxygen atoms in total. The van der Waals surface area contributed by atoms with Crippen molar-refractivity contribution in [3.05, 3.63) is 52.3 Å². The van der Waals surface area contributed by atoms with E-state index < -0.39 is 5.97 Å². The predicted octanol–water partition coefficient (Wildman–Crippen LogP) is 5.06. The summed E-state index contributed by atoms with van der Waals surface area (Å²) in [5, 5.41) is 27.9. The van der Waals surface area contributed by atoms with E-state index in [1.807, 2.05) is 18.2 Å². The number of carbonyl (C=O) groups excluding carboxylic acids is 1. The second-order valence-corrected chi connectivity index (χ2v) is 12.3. The largest absolute Gasteiger partial charge is 0.491 e. The maximum atomic E-state index is 13.8. The van der Waals surface area contributed by atoms with Gasteiger partial charge in [-0.05, 0) is 55.7 Å². The Hall–Kier alpha value is -2.98. The van der Waals surface area contributed by atoms with Crippen LogP contribution in [-0.2, 0) is 16.8 Å². The second-order valence-electron chi connectivity index (χ2n) is 12.3. The van der Waals surface area contributed by atoms with Crippen molar-refractivity contribution < 1.29 is 24.5 Å². The Labute approximate surface area is 252 Å². The molecule has 5 rings (SSSR count). The Balaban J connectivity index is 0.00000387. The van der Waals surface area contributed by atoms with Crippen LogP contribution in [0.5, 0.6) is 5.75 Å². The van der Waals surface area contributed by atoms with E-state index in [0.29, 0.717) is 67.7 Å². The van der Waals surface area contributed by atoms with Crippen molar-refractivity contribution in [3.63, 3.8) is 0 Å². The number of rotatable bonds is 10. The molecular weight excluding hydrogens is 588 g/mol. The zero-order chi connectivity index (χ0) is 28.6. The van der Waals surface area contributed by atoms with Crippen LogP contribution in [0.15, 0.2) is 24.3 Å². The van der Waals surface area contributed by atoms with E-state index in [-0.39, 0.29) is 53.9 Å². The molecule has 0 unspecified atom stereocenters. The standard InChI is InChI=1S/C31H40N4O5.BrH/c1-31(2,3)23-15-21(16-25(34-12-10-22(36)11-13-34)29(23)40-14-4-5-27(38)39)26(37)18-35-17-20-8-9-24(19-6-7-19)33-28(20)30(35)32;/h8-9,15-16,19,22,32,36H,4-7,10-14,17-18H2,1-3H3,(H,38,39);1H. The quantitative estimate of drug-likeness (QED) is 0.246. The summed E-state index contributed by atoms with van der Waals surface area (Å²) in [6.07, 6.45) is 3.60. The number of Topliss-reactive ketones (excluding diaryl/α,β-unsaturated/α-hetero) is 1. The van der Waals surface area contributed by atoms with Crippen molar-refractivity contribution in [2.24, 2.45) is 0 Å². The first-order chi connectivity index (χ1) is 19.0. The van der Waals surface area contributed by atoms with Crippen LogP contribution in [0.4, 0.5) is 5.69 Å². The average molecular weight is 630 g/mol. The first kappa shape index (κ1) is 31.0. The number of benzene rings is 1. The summed E-state index contributed by atoms with van der Waals surface area (Å²) in [4.78, 5) is 33.5. The third-order valence-corrected chi connectivity index (χ3v) is 8.02. The van der Waals surface area contributed by atoms with Gasteiger partial charge in [0.2, 0.25) is 0 Å². The summed E-state index contributed by atoms with van der Waals surface area (Å²) in [6.45, 7) is 8.30. The number of pyridine rings is 1. The van der Waals surface area contributed by atoms with Crippen molar-refractivity contribution in [2.75, 3.05) is 31.1 Å². The number of nitrogens with one attached hydrogen (secondary N) is 1. The highest BCUT2D eigenvalue weighted by Crippen LogP contribution is 2.42. The Kier molecular flexibility index (Phi) is 9.43. The highest BCUT2D eigenvalue weighted by molar-refractivity contribution is 8.93. The van der Waals surface area contributed by atoms with Crippen molar-refractivity contribution in [3.8, 4) is 5.75 Å². The number of carboxylic acids is 1. The number of ether oxygens (including phenoxy) is 1. The second kappa shape index (κ2) is 12.5. The lowest BCUT2D eigenvalue weighted by atomic mass is 9.84. The fourth-order valence-corrected chi connectivity index (χ4v) is 5.50. The summed E-state index contributed by atoms with van der Waals surface area (Å²) in [5.74, 6) is 0.527. The topological polar surface area (TPSA) is 127 Å². The molecule has 2 aliphatic heterocycles. The predicted molar refractivity (Wildman–Crippen MR) is 163 cm³/mol. The zero-order valence-electron chi connectivity index (χ0n) is 24.1. The van der Waals surface area contributed by atoms with Gasteiger partial charge in [0.1, 0.15) is 17.3 Å². The molecule has 2 fully saturated rings. The van der Waals surface area contributed by atoms with Gasteiger partial charge < -0.3 is 24.7 Å². The highest BCUT2D eigenvalue weighted by atomic mass is 79.9. The Morgan fingerprint density at radius 2 is 1.83 bits per heavy atom. The molecule has 0 atom stereocenters. The number of aliphatic hydroxyl groups is 1. The molecule has 1 aliphatic carbocycles. The third kappa shape index (κ3) is 7.09. The normalized spacial score (nSPS) is 17.3. The van der Waals surface area contributed by atoms with E-state index in [9.17, 15) is 14.7 Å². The maximum Gasteiger partial charge on any atom is 0.303 e. The number of halogens is 1. The van der Waals surface area contributed by atoms with Crippen molar-refractivity contribution in [2.45, 2.75) is 83.3 Å². The van der Waals surface area contributed by atoms with Gasteiger partial charge in [-0.15, -0.1) is 17.0 Å². The molecule has 41 heavy (non-hydrogen) atoms. The van der Waals surface area contributed by atoms with E-state index in [1.165, 1.54) is 0 Å². The SMILES string of the molecule is Br.CC(C)(C)c1cc(C(=O)CN2Cc3ccc(C4CC4)nc3C2=N)cc(N2CCC(O)CC2)c1OCCCC(=O)O. The van der Waals surface area contributed by atoms with Crippen LogP contribution >= 0.6 is 17.0 Å². The lowest BCUT2D eigenvalue weighted by Gasteiger charge is -2.35. The van der Waals surface area contributed by atoms with Gasteiger partial charge in [0.25, 0.3) is 0 Å². The number of hydrogen-bond donors (Lipinski definition) is 3. The van der Waals surface area contributed by atoms with Crippen LogP contribution in [0.3, 0.4) is 0 Å². The fourth-order valence-electron chi connectivity index (χ4n) is 5.50. The third-order valence-electron chi connectivity index (χ3n) is 8.02. The van der Waals surface area contributed by atoms with Crippen LogP contribution in [0, 0.1) is 5.41 Å². The summed E-state index contributed by atoms with van der Waals surface area (Å²) in [5.41, 5.74) is 4.60. The molecule has 0 bridgehead atoms. The molecule has 1 aromatic carbocycles. The van der Waals surface area contributed by atoms with Gasteiger partial charge in [0.15, 0.2) is 5.78 Å². The van der Waals surface area contributed by atoms with Crippen LogP contribution in [0.2, 0.25) is 0 Å². The maximum absolute atomic E-state index is 13.8. The number of carboxylic acid groups (broad SMARTS) is 1. The molecule has 0 radical (unpaired) electrons. The number of nitrogens with zero attached hydrogens (tertiary/aromatic N) is 3. The minimum Gasteiger partial charge on any atom is -0.491 e. The molecule has 2 aromatic rings. The number of anilines is 1. The molecule has 10 heteroatoms. The van der Waals surface area contributed by atoms with Crippen LogP contribution in [0.25, 0.3) is 0 Å². The molecule has 0 spiro atoms. The van der Waals surface area contributed by atoms with Gasteiger partial charge in [-0.3, -0.25) is 15.0 Å². The number of ketones is 1. The van der Waals surface area contributed by atoms with Gasteiger partial charge >= 0.3 is 5.97 Å². The molecule has 3 N–H and O–H groups in total. The van der Waals surface area contributed by atoms with Gasteiger partial charge in [0, 0.05) is 54.4 Å². The van der Waals surface area contributed by atoms with E-state index in [1.54, 1.807) is 4.90 Å². The summed E-state index contributed by atoms with van der Waals surface area (Å²) in [6, 6.07) is 7.87. The van der Waals surface area contributed by atoms with Crippen molar-refractivity contribution in [1.29, 1.82) is 5.41 Å². The van der Waals surface area contributed by atoms with E-state index >= 15 is 0 Å².